The van der Waals surface area contributed by atoms with Crippen molar-refractivity contribution in [1.29, 1.82) is 4.78 Å². The number of hydrogen-bond donors (Lipinski definition) is 3. The van der Waals surface area contributed by atoms with E-state index in [1.54, 1.807) is 0 Å². The van der Waals surface area contributed by atoms with E-state index in [2.05, 4.69) is 45.9 Å². The van der Waals surface area contributed by atoms with Gasteiger partial charge in [0.15, 0.2) is 0 Å². The fourth-order valence-corrected chi connectivity index (χ4v) is 7.10. The second-order valence-corrected chi connectivity index (χ2v) is 12.6. The van der Waals surface area contributed by atoms with Gasteiger partial charge in [0, 0.05) is 36.8 Å². The van der Waals surface area contributed by atoms with E-state index in [4.69, 9.17) is 4.78 Å². The predicted molar refractivity (Wildman–Crippen MR) is 143 cm³/mol. The molecule has 1 fully saturated rings. The standard InChI is InChI=1S/C25H22Br2F3N3O3S/c26-14-4-10-21-18(12-14)19-13-15(27)5-11-22(19)33(21)23-3-1-2-20(24(23)34)32-37(31,35)17-8-6-16(7-9-17)36-25(28,29)30/h4-13,20,23-24,34H,1-3H2,(H2,31,32,35). The fourth-order valence-electron chi connectivity index (χ4n) is 5.04. The van der Waals surface area contributed by atoms with Crippen molar-refractivity contribution in [3.63, 3.8) is 0 Å². The monoisotopic (exact) mass is 659 g/mol. The number of aromatic nitrogens is 1. The molecule has 1 aliphatic rings. The second kappa shape index (κ2) is 9.88. The normalized spacial score (nSPS) is 22.3. The number of nitrogens with zero attached hydrogens (tertiary/aromatic N) is 1. The molecule has 1 aromatic heterocycles. The van der Waals surface area contributed by atoms with Crippen LogP contribution in [0.25, 0.3) is 21.8 Å². The molecule has 0 aliphatic heterocycles. The summed E-state index contributed by atoms with van der Waals surface area (Å²) in [5.41, 5.74) is 1.90. The van der Waals surface area contributed by atoms with Crippen molar-refractivity contribution in [2.45, 2.75) is 48.7 Å². The Bertz CT molecular complexity index is 1510. The molecule has 196 valence electrons. The van der Waals surface area contributed by atoms with Crippen LogP contribution in [0.3, 0.4) is 0 Å². The minimum absolute atomic E-state index is 0.00270. The summed E-state index contributed by atoms with van der Waals surface area (Å²) in [6.45, 7) is 0. The first-order valence-corrected chi connectivity index (χ1v) is 14.6. The molecule has 3 N–H and O–H groups in total. The number of alkyl halides is 3. The first-order chi connectivity index (χ1) is 17.4. The molecular weight excluding hydrogens is 639 g/mol. The van der Waals surface area contributed by atoms with Gasteiger partial charge in [-0.05, 0) is 79.9 Å². The largest absolute Gasteiger partial charge is 0.573 e. The molecule has 12 heteroatoms. The molecule has 0 bridgehead atoms. The molecule has 0 radical (unpaired) electrons. The third-order valence-electron chi connectivity index (χ3n) is 6.59. The molecule has 4 atom stereocenters. The highest BCUT2D eigenvalue weighted by molar-refractivity contribution is 9.10. The Labute approximate surface area is 228 Å². The molecule has 3 aromatic carbocycles. The summed E-state index contributed by atoms with van der Waals surface area (Å²) in [7, 11) is -3.61. The molecule has 5 rings (SSSR count). The number of aliphatic hydroxyl groups excluding tert-OH is 1. The maximum absolute atomic E-state index is 13.3. The zero-order valence-corrected chi connectivity index (χ0v) is 23.1. The van der Waals surface area contributed by atoms with Gasteiger partial charge in [-0.1, -0.05) is 31.9 Å². The third-order valence-corrected chi connectivity index (χ3v) is 9.14. The zero-order valence-electron chi connectivity index (χ0n) is 19.1. The van der Waals surface area contributed by atoms with E-state index in [9.17, 15) is 22.5 Å². The third kappa shape index (κ3) is 5.40. The summed E-state index contributed by atoms with van der Waals surface area (Å²) in [4.78, 5) is 0.00270. The van der Waals surface area contributed by atoms with Crippen molar-refractivity contribution < 1.29 is 27.2 Å². The van der Waals surface area contributed by atoms with Gasteiger partial charge in [0.05, 0.1) is 17.0 Å². The lowest BCUT2D eigenvalue weighted by Gasteiger charge is -2.37. The first kappa shape index (κ1) is 26.5. The number of ether oxygens (including phenoxy) is 1. The summed E-state index contributed by atoms with van der Waals surface area (Å²) in [5, 5.41) is 13.5. The smallest absolute Gasteiger partial charge is 0.406 e. The van der Waals surface area contributed by atoms with Gasteiger partial charge < -0.3 is 14.4 Å². The first-order valence-electron chi connectivity index (χ1n) is 11.4. The van der Waals surface area contributed by atoms with Crippen LogP contribution < -0.4 is 9.46 Å². The quantitative estimate of drug-likeness (QED) is 0.210. The summed E-state index contributed by atoms with van der Waals surface area (Å²) >= 11 is 7.08. The molecule has 37 heavy (non-hydrogen) atoms. The van der Waals surface area contributed by atoms with Gasteiger partial charge in [-0.3, -0.25) is 0 Å². The van der Waals surface area contributed by atoms with E-state index in [1.165, 1.54) is 12.1 Å². The maximum Gasteiger partial charge on any atom is 0.573 e. The Balaban J connectivity index is 1.45. The average molecular weight is 661 g/mol. The highest BCUT2D eigenvalue weighted by atomic mass is 79.9. The van der Waals surface area contributed by atoms with Gasteiger partial charge in [0.1, 0.15) is 15.7 Å². The van der Waals surface area contributed by atoms with Gasteiger partial charge in [-0.25, -0.2) is 13.7 Å². The second-order valence-electron chi connectivity index (χ2n) is 8.98. The Hall–Kier alpha value is -2.12. The number of aliphatic hydroxyl groups is 1. The Morgan fingerprint density at radius 1 is 0.973 bits per heavy atom. The van der Waals surface area contributed by atoms with Crippen molar-refractivity contribution in [3.05, 3.63) is 69.6 Å². The zero-order chi connectivity index (χ0) is 26.5. The minimum Gasteiger partial charge on any atom is -0.406 e. The summed E-state index contributed by atoms with van der Waals surface area (Å²) in [6, 6.07) is 15.3. The van der Waals surface area contributed by atoms with Crippen molar-refractivity contribution in [2.75, 3.05) is 0 Å². The highest BCUT2D eigenvalue weighted by Crippen LogP contribution is 2.40. The molecule has 0 amide bonds. The van der Waals surface area contributed by atoms with E-state index in [-0.39, 0.29) is 10.9 Å². The van der Waals surface area contributed by atoms with E-state index < -0.39 is 34.2 Å². The number of halogens is 5. The van der Waals surface area contributed by atoms with Crippen LogP contribution in [-0.2, 0) is 9.92 Å². The van der Waals surface area contributed by atoms with Crippen molar-refractivity contribution in [2.24, 2.45) is 0 Å². The molecular formula is C25H22Br2F3N3O3S. The van der Waals surface area contributed by atoms with Crippen LogP contribution in [0.4, 0.5) is 13.2 Å². The van der Waals surface area contributed by atoms with Gasteiger partial charge in [-0.15, -0.1) is 13.2 Å². The van der Waals surface area contributed by atoms with Crippen LogP contribution >= 0.6 is 31.9 Å². The lowest BCUT2D eigenvalue weighted by molar-refractivity contribution is -0.274. The van der Waals surface area contributed by atoms with Crippen molar-refractivity contribution >= 4 is 63.6 Å². The van der Waals surface area contributed by atoms with Crippen LogP contribution in [-0.4, -0.2) is 32.4 Å². The molecule has 4 unspecified atom stereocenters. The lowest BCUT2D eigenvalue weighted by Crippen LogP contribution is -2.49. The highest BCUT2D eigenvalue weighted by Gasteiger charge is 2.36. The van der Waals surface area contributed by atoms with E-state index in [0.717, 1.165) is 49.3 Å². The minimum atomic E-state index is -4.84. The molecule has 1 saturated carbocycles. The van der Waals surface area contributed by atoms with Crippen LogP contribution in [0.2, 0.25) is 0 Å². The molecule has 1 aliphatic carbocycles. The molecule has 0 saturated heterocycles. The van der Waals surface area contributed by atoms with Crippen molar-refractivity contribution in [3.8, 4) is 5.75 Å². The SMILES string of the molecule is N=S(=O)(NC1CCCC(n2c3ccc(Br)cc3c3cc(Br)ccc32)C1O)c1ccc(OC(F)(F)F)cc1. The van der Waals surface area contributed by atoms with E-state index in [1.807, 2.05) is 36.4 Å². The number of rotatable bonds is 5. The Morgan fingerprint density at radius 3 is 2.08 bits per heavy atom. The van der Waals surface area contributed by atoms with Crippen LogP contribution in [0, 0.1) is 4.78 Å². The Morgan fingerprint density at radius 2 is 1.54 bits per heavy atom. The van der Waals surface area contributed by atoms with Crippen LogP contribution in [0.1, 0.15) is 25.3 Å². The summed E-state index contributed by atoms with van der Waals surface area (Å²) in [6.07, 6.45) is -3.90. The van der Waals surface area contributed by atoms with Gasteiger partial charge >= 0.3 is 6.36 Å². The Kier molecular flexibility index (Phi) is 7.07. The number of hydrogen-bond acceptors (Lipinski definition) is 4. The maximum atomic E-state index is 13.3. The van der Waals surface area contributed by atoms with Gasteiger partial charge in [0.2, 0.25) is 0 Å². The van der Waals surface area contributed by atoms with Crippen LogP contribution in [0.15, 0.2) is 74.5 Å². The number of fused-ring (bicyclic) bond motifs is 3. The van der Waals surface area contributed by atoms with Crippen LogP contribution in [0.5, 0.6) is 5.75 Å². The lowest BCUT2D eigenvalue weighted by atomic mass is 9.88. The summed E-state index contributed by atoms with van der Waals surface area (Å²) < 4.78 is 69.7. The fraction of sp³-hybridized carbons (Fsp3) is 0.280. The molecule has 4 aromatic rings. The molecule has 0 spiro atoms. The average Bonchev–Trinajstić information content (AvgIpc) is 3.12. The van der Waals surface area contributed by atoms with Gasteiger partial charge in [0.25, 0.3) is 0 Å². The molecule has 6 nitrogen and oxygen atoms in total. The van der Waals surface area contributed by atoms with E-state index >= 15 is 0 Å². The van der Waals surface area contributed by atoms with Crippen molar-refractivity contribution in [1.82, 2.24) is 9.29 Å². The number of benzene rings is 3. The topological polar surface area (TPSA) is 87.3 Å². The van der Waals surface area contributed by atoms with E-state index in [0.29, 0.717) is 12.8 Å². The van der Waals surface area contributed by atoms with Gasteiger partial charge in [-0.2, -0.15) is 0 Å². The molecule has 1 heterocycles. The summed E-state index contributed by atoms with van der Waals surface area (Å²) in [5.74, 6) is -0.464. The number of nitrogens with one attached hydrogen (secondary N) is 2. The predicted octanol–water partition coefficient (Wildman–Crippen LogP) is 7.28.